The van der Waals surface area contributed by atoms with Gasteiger partial charge in [-0.15, -0.1) is 0 Å². The third-order valence-electron chi connectivity index (χ3n) is 0. The molecule has 6 heavy (non-hydrogen) atoms. The molecule has 0 aliphatic heterocycles. The topological polar surface area (TPSA) is 34.1 Å². The van der Waals surface area contributed by atoms with Crippen molar-refractivity contribution >= 4 is 28.3 Å². The monoisotopic (exact) mass is 321 g/mol. The van der Waals surface area contributed by atoms with Gasteiger partial charge in [-0.2, -0.15) is 0 Å². The first-order valence-electron chi connectivity index (χ1n) is 0.796. The quantitative estimate of drug-likeness (QED) is 0.682. The van der Waals surface area contributed by atoms with E-state index in [2.05, 4.69) is 28.3 Å². The first-order valence-corrected chi connectivity index (χ1v) is 14.1. The van der Waals surface area contributed by atoms with Crippen LogP contribution in [0, 0.1) is 0 Å². The number of hydrogen-bond acceptors (Lipinski definition) is 2. The Balaban J connectivity index is 4.69. The molecule has 0 spiro atoms. The number of hydrogen-bond donors (Lipinski definition) is 0. The Morgan fingerprint density at radius 1 is 1.00 bits per heavy atom. The van der Waals surface area contributed by atoms with Crippen LogP contribution < -0.4 is 0 Å². The van der Waals surface area contributed by atoms with Crippen LogP contribution in [0.1, 0.15) is 0 Å². The fourth-order valence-corrected chi connectivity index (χ4v) is 0. The molecule has 0 aromatic carbocycles. The summed E-state index contributed by atoms with van der Waals surface area (Å²) in [5.74, 6) is 0. The second-order valence-electron chi connectivity index (χ2n) is 0.621. The average Bonchev–Trinajstić information content (AvgIpc) is 0.650. The van der Waals surface area contributed by atoms with Crippen molar-refractivity contribution < 1.29 is 18.4 Å². The minimum atomic E-state index is -5.83. The summed E-state index contributed by atoms with van der Waals surface area (Å²) in [7, 11) is 13.2. The molecule has 0 aliphatic carbocycles. The van der Waals surface area contributed by atoms with Crippen LogP contribution in [0.4, 0.5) is 0 Å². The Morgan fingerprint density at radius 3 is 1.00 bits per heavy atom. The third kappa shape index (κ3) is 66.5. The van der Waals surface area contributed by atoms with Crippen LogP contribution in [-0.4, -0.2) is 0 Å². The Hall–Kier alpha value is 1.16. The molecule has 0 radical (unpaired) electrons. The zero-order valence-corrected chi connectivity index (χ0v) is 7.56. The van der Waals surface area contributed by atoms with Crippen molar-refractivity contribution in [2.24, 2.45) is 0 Å². The second-order valence-corrected chi connectivity index (χ2v) is 22.7. The van der Waals surface area contributed by atoms with Crippen LogP contribution in [0.15, 0.2) is 0 Å². The van der Waals surface area contributed by atoms with Crippen molar-refractivity contribution in [3.63, 3.8) is 0 Å². The van der Waals surface area contributed by atoms with Crippen molar-refractivity contribution in [1.82, 2.24) is 0 Å². The van der Waals surface area contributed by atoms with E-state index in [0.29, 0.717) is 0 Å². The first kappa shape index (κ1) is 7.16. The van der Waals surface area contributed by atoms with E-state index in [1.54, 1.807) is 0 Å². The van der Waals surface area contributed by atoms with Gasteiger partial charge in [-0.25, -0.2) is 0 Å². The Labute approximate surface area is 46.6 Å². The van der Waals surface area contributed by atoms with Crippen molar-refractivity contribution in [1.29, 1.82) is 0 Å². The van der Waals surface area contributed by atoms with Crippen molar-refractivity contribution in [3.05, 3.63) is 0 Å². The molecule has 6 heteroatoms. The van der Waals surface area contributed by atoms with Crippen molar-refractivity contribution in [2.75, 3.05) is 0 Å². The normalized spacial score (nSPS) is 18.8. The van der Waals surface area contributed by atoms with Crippen LogP contribution in [0.2, 0.25) is 0 Å². The summed E-state index contributed by atoms with van der Waals surface area (Å²) in [6.07, 6.45) is 0. The molecule has 0 saturated heterocycles. The van der Waals surface area contributed by atoms with Crippen LogP contribution in [0.5, 0.6) is 0 Å². The first-order chi connectivity index (χ1) is 2.24. The van der Waals surface area contributed by atoms with Gasteiger partial charge in [-0.1, -0.05) is 0 Å². The van der Waals surface area contributed by atoms with Gasteiger partial charge in [0, 0.05) is 0 Å². The molecule has 39 valence electrons. The summed E-state index contributed by atoms with van der Waals surface area (Å²) >= 11 is -5.83. The zero-order valence-electron chi connectivity index (χ0n) is 2.36. The summed E-state index contributed by atoms with van der Waals surface area (Å²) in [4.78, 5) is 0. The van der Waals surface area contributed by atoms with E-state index in [0.717, 1.165) is 0 Å². The van der Waals surface area contributed by atoms with E-state index in [1.165, 1.54) is 0 Å². The molecular weight excluding hydrogens is 322 g/mol. The summed E-state index contributed by atoms with van der Waals surface area (Å²) in [5.41, 5.74) is 0. The van der Waals surface area contributed by atoms with E-state index in [-0.39, 0.29) is 0 Å². The van der Waals surface area contributed by atoms with Gasteiger partial charge in [-0.3, -0.25) is 0 Å². The van der Waals surface area contributed by atoms with Gasteiger partial charge in [0.2, 0.25) is 0 Å². The van der Waals surface area contributed by atoms with Crippen molar-refractivity contribution in [2.45, 2.75) is 0 Å². The molecule has 0 N–H and O–H groups in total. The number of rotatable bonds is 0. The molecule has 0 rings (SSSR count). The van der Waals surface area contributed by atoms with E-state index in [9.17, 15) is 6.80 Å². The molecule has 0 heterocycles. The van der Waals surface area contributed by atoms with Gasteiger partial charge in [0.25, 0.3) is 0 Å². The molecular formula is Cl3O2W. The Bertz CT molecular complexity index is 135. The SMILES string of the molecule is [O]=[W](=[O])([Cl])([Cl])[Cl]. The molecule has 0 atom stereocenters. The third-order valence-corrected chi connectivity index (χ3v) is 0. The van der Waals surface area contributed by atoms with Gasteiger partial charge < -0.3 is 0 Å². The summed E-state index contributed by atoms with van der Waals surface area (Å²) < 4.78 is 19.3. The molecule has 0 fully saturated rings. The summed E-state index contributed by atoms with van der Waals surface area (Å²) in [6.45, 7) is 0. The average molecular weight is 322 g/mol. The fraction of sp³-hybridized carbons (Fsp3) is 0. The molecule has 0 aromatic rings. The molecule has 0 bridgehead atoms. The van der Waals surface area contributed by atoms with E-state index < -0.39 is 11.6 Å². The molecule has 0 amide bonds. The Morgan fingerprint density at radius 2 is 1.00 bits per heavy atom. The van der Waals surface area contributed by atoms with Crippen molar-refractivity contribution in [3.8, 4) is 0 Å². The maximum atomic E-state index is 9.63. The van der Waals surface area contributed by atoms with Gasteiger partial charge in [0.05, 0.1) is 0 Å². The van der Waals surface area contributed by atoms with Crippen LogP contribution >= 0.6 is 28.3 Å². The van der Waals surface area contributed by atoms with Crippen LogP contribution in [-0.2, 0) is 18.4 Å². The molecule has 0 unspecified atom stereocenters. The predicted octanol–water partition coefficient (Wildman–Crippen LogP) is 1.83. The molecule has 0 aromatic heterocycles. The van der Waals surface area contributed by atoms with E-state index in [4.69, 9.17) is 0 Å². The summed E-state index contributed by atoms with van der Waals surface area (Å²) in [6, 6.07) is 0. The van der Waals surface area contributed by atoms with Gasteiger partial charge in [0.15, 0.2) is 0 Å². The van der Waals surface area contributed by atoms with Crippen LogP contribution in [0.3, 0.4) is 0 Å². The number of halogens is 3. The fourth-order valence-electron chi connectivity index (χ4n) is 0. The molecule has 2 nitrogen and oxygen atoms in total. The molecule has 0 saturated carbocycles. The standard InChI is InChI=1S/3ClH.2O.W/h3*1H;;;/q;;;;;+3/p-3. The Kier molecular flexibility index (Phi) is 1.57. The van der Waals surface area contributed by atoms with E-state index >= 15 is 0 Å². The van der Waals surface area contributed by atoms with Gasteiger partial charge >= 0.3 is 46.7 Å². The van der Waals surface area contributed by atoms with Gasteiger partial charge in [-0.05, 0) is 0 Å². The van der Waals surface area contributed by atoms with Crippen LogP contribution in [0.25, 0.3) is 0 Å². The second kappa shape index (κ2) is 1.32. The zero-order chi connectivity index (χ0) is 5.45. The predicted molar refractivity (Wildman–Crippen MR) is 18.9 cm³/mol. The molecule has 0 aliphatic rings. The summed E-state index contributed by atoms with van der Waals surface area (Å²) in [5, 5.41) is 0. The maximum absolute atomic E-state index is 9.63. The van der Waals surface area contributed by atoms with Gasteiger partial charge in [0.1, 0.15) is 0 Å². The minimum absolute atomic E-state index is 4.41. The van der Waals surface area contributed by atoms with E-state index in [1.807, 2.05) is 0 Å².